The Labute approximate surface area is 177 Å². The van der Waals surface area contributed by atoms with Crippen molar-refractivity contribution in [2.45, 2.75) is 51.5 Å². The van der Waals surface area contributed by atoms with Gasteiger partial charge in [0.1, 0.15) is 5.75 Å². The van der Waals surface area contributed by atoms with E-state index < -0.39 is 0 Å². The molecule has 0 N–H and O–H groups in total. The van der Waals surface area contributed by atoms with Crippen LogP contribution in [0.3, 0.4) is 0 Å². The van der Waals surface area contributed by atoms with E-state index in [4.69, 9.17) is 4.74 Å². The predicted molar refractivity (Wildman–Crippen MR) is 122 cm³/mol. The lowest BCUT2D eigenvalue weighted by Crippen LogP contribution is -2.10. The molecular weight excluding hydrogens is 370 g/mol. The number of fused-ring (bicyclic) bond motifs is 3. The number of hydrogen-bond acceptors (Lipinski definition) is 2. The van der Waals surface area contributed by atoms with E-state index in [2.05, 4.69) is 41.8 Å². The molecule has 0 aliphatic heterocycles. The highest BCUT2D eigenvalue weighted by Gasteiger charge is 2.23. The maximum atomic E-state index is 12.7. The van der Waals surface area contributed by atoms with Crippen LogP contribution in [0.4, 0.5) is 0 Å². The second kappa shape index (κ2) is 7.98. The second-order valence-electron chi connectivity index (χ2n) is 8.26. The van der Waals surface area contributed by atoms with Crippen molar-refractivity contribution in [3.63, 3.8) is 0 Å². The van der Waals surface area contributed by atoms with Crippen LogP contribution >= 0.6 is 0 Å². The summed E-state index contributed by atoms with van der Waals surface area (Å²) in [5.74, 6) is 0.867. The van der Waals surface area contributed by atoms with Crippen LogP contribution in [0, 0.1) is 0 Å². The van der Waals surface area contributed by atoms with Gasteiger partial charge in [0, 0.05) is 28.9 Å². The number of ether oxygens (including phenoxy) is 1. The fourth-order valence-corrected chi connectivity index (χ4v) is 5.05. The topological polar surface area (TPSA) is 31.2 Å². The molecule has 1 saturated carbocycles. The molecule has 1 fully saturated rings. The number of esters is 1. The standard InChI is InChI=1S/C27H27NO2/c1-2-28-24-16-10-9-15-22(24)26-23(19-11-5-3-6-12-19)17-21(18-25(26)28)30-27(29)20-13-7-4-8-14-20/h4,7-10,13-19H,2-3,5-6,11-12H2,1H3. The van der Waals surface area contributed by atoms with Crippen molar-refractivity contribution in [1.82, 2.24) is 4.57 Å². The summed E-state index contributed by atoms with van der Waals surface area (Å²) in [4.78, 5) is 12.7. The molecular formula is C27H27NO2. The van der Waals surface area contributed by atoms with Gasteiger partial charge >= 0.3 is 5.97 Å². The molecule has 1 aromatic heterocycles. The Kier molecular flexibility index (Phi) is 5.04. The summed E-state index contributed by atoms with van der Waals surface area (Å²) < 4.78 is 8.23. The van der Waals surface area contributed by atoms with Gasteiger partial charge in [-0.15, -0.1) is 0 Å². The first kappa shape index (κ1) is 18.9. The van der Waals surface area contributed by atoms with Gasteiger partial charge in [0.25, 0.3) is 0 Å². The molecule has 0 unspecified atom stereocenters. The molecule has 3 heteroatoms. The van der Waals surface area contributed by atoms with E-state index in [1.54, 1.807) is 12.1 Å². The fourth-order valence-electron chi connectivity index (χ4n) is 5.05. The summed E-state index contributed by atoms with van der Waals surface area (Å²) in [7, 11) is 0. The summed E-state index contributed by atoms with van der Waals surface area (Å²) >= 11 is 0. The number of aryl methyl sites for hydroxylation is 1. The molecule has 5 rings (SSSR count). The fraction of sp³-hybridized carbons (Fsp3) is 0.296. The minimum absolute atomic E-state index is 0.302. The van der Waals surface area contributed by atoms with Gasteiger partial charge in [0.2, 0.25) is 0 Å². The van der Waals surface area contributed by atoms with E-state index in [1.807, 2.05) is 24.3 Å². The van der Waals surface area contributed by atoms with E-state index in [1.165, 1.54) is 54.0 Å². The summed E-state index contributed by atoms with van der Waals surface area (Å²) in [5, 5.41) is 2.63. The van der Waals surface area contributed by atoms with E-state index in [0.29, 0.717) is 17.2 Å². The Morgan fingerprint density at radius 3 is 2.43 bits per heavy atom. The van der Waals surface area contributed by atoms with Crippen LogP contribution < -0.4 is 4.74 Å². The van der Waals surface area contributed by atoms with Gasteiger partial charge in [0.15, 0.2) is 0 Å². The van der Waals surface area contributed by atoms with Crippen LogP contribution in [0.1, 0.15) is 60.9 Å². The average molecular weight is 398 g/mol. The average Bonchev–Trinajstić information content (AvgIpc) is 3.13. The zero-order chi connectivity index (χ0) is 20.5. The van der Waals surface area contributed by atoms with Crippen LogP contribution in [-0.2, 0) is 6.54 Å². The summed E-state index contributed by atoms with van der Waals surface area (Å²) in [6.45, 7) is 3.05. The first-order valence-corrected chi connectivity index (χ1v) is 11.1. The molecule has 0 amide bonds. The van der Waals surface area contributed by atoms with Crippen molar-refractivity contribution in [2.24, 2.45) is 0 Å². The van der Waals surface area contributed by atoms with Gasteiger partial charge in [-0.1, -0.05) is 55.7 Å². The Bertz CT molecular complexity index is 1200. The normalized spacial score (nSPS) is 15.0. The van der Waals surface area contributed by atoms with Crippen LogP contribution in [0.2, 0.25) is 0 Å². The molecule has 1 heterocycles. The van der Waals surface area contributed by atoms with E-state index in [9.17, 15) is 4.79 Å². The van der Waals surface area contributed by atoms with Crippen molar-refractivity contribution in [3.8, 4) is 5.75 Å². The zero-order valence-electron chi connectivity index (χ0n) is 17.4. The van der Waals surface area contributed by atoms with Gasteiger partial charge in [-0.05, 0) is 55.5 Å². The summed E-state index contributed by atoms with van der Waals surface area (Å²) in [6, 6.07) is 22.0. The highest BCUT2D eigenvalue weighted by molar-refractivity contribution is 6.10. The molecule has 3 nitrogen and oxygen atoms in total. The SMILES string of the molecule is CCn1c2ccccc2c2c(C3CCCCC3)cc(OC(=O)c3ccccc3)cc21. The second-order valence-corrected chi connectivity index (χ2v) is 8.26. The summed E-state index contributed by atoms with van der Waals surface area (Å²) in [5.41, 5.74) is 4.33. The van der Waals surface area contributed by atoms with Crippen LogP contribution in [0.15, 0.2) is 66.7 Å². The number of rotatable bonds is 4. The van der Waals surface area contributed by atoms with Crippen molar-refractivity contribution in [2.75, 3.05) is 0 Å². The van der Waals surface area contributed by atoms with E-state index >= 15 is 0 Å². The molecule has 4 aromatic rings. The Balaban J connectivity index is 1.69. The van der Waals surface area contributed by atoms with Gasteiger partial charge in [-0.2, -0.15) is 0 Å². The van der Waals surface area contributed by atoms with Gasteiger partial charge in [-0.3, -0.25) is 0 Å². The van der Waals surface area contributed by atoms with E-state index in [0.717, 1.165) is 12.1 Å². The largest absolute Gasteiger partial charge is 0.423 e. The van der Waals surface area contributed by atoms with Crippen molar-refractivity contribution < 1.29 is 9.53 Å². The lowest BCUT2D eigenvalue weighted by atomic mass is 9.82. The first-order valence-electron chi connectivity index (χ1n) is 11.1. The maximum Gasteiger partial charge on any atom is 0.343 e. The molecule has 1 aliphatic rings. The Hall–Kier alpha value is -3.07. The molecule has 30 heavy (non-hydrogen) atoms. The lowest BCUT2D eigenvalue weighted by Gasteiger charge is -2.23. The number of carbonyl (C=O) groups excluding carboxylic acids is 1. The Morgan fingerprint density at radius 1 is 0.933 bits per heavy atom. The highest BCUT2D eigenvalue weighted by Crippen LogP contribution is 2.42. The smallest absolute Gasteiger partial charge is 0.343 e. The predicted octanol–water partition coefficient (Wildman–Crippen LogP) is 7.08. The van der Waals surface area contributed by atoms with Crippen LogP contribution in [0.5, 0.6) is 5.75 Å². The number of aromatic nitrogens is 1. The highest BCUT2D eigenvalue weighted by atomic mass is 16.5. The molecule has 0 radical (unpaired) electrons. The zero-order valence-corrected chi connectivity index (χ0v) is 17.4. The first-order chi connectivity index (χ1) is 14.8. The number of nitrogens with zero attached hydrogens (tertiary/aromatic N) is 1. The lowest BCUT2D eigenvalue weighted by molar-refractivity contribution is 0.0735. The number of carbonyl (C=O) groups is 1. The number of para-hydroxylation sites is 1. The third kappa shape index (κ3) is 3.28. The van der Waals surface area contributed by atoms with Crippen molar-refractivity contribution in [1.29, 1.82) is 0 Å². The van der Waals surface area contributed by atoms with Gasteiger partial charge < -0.3 is 9.30 Å². The molecule has 3 aromatic carbocycles. The van der Waals surface area contributed by atoms with Gasteiger partial charge in [-0.25, -0.2) is 4.79 Å². The Morgan fingerprint density at radius 2 is 1.67 bits per heavy atom. The van der Waals surface area contributed by atoms with Crippen LogP contribution in [0.25, 0.3) is 21.8 Å². The van der Waals surface area contributed by atoms with Crippen molar-refractivity contribution in [3.05, 3.63) is 77.9 Å². The molecule has 0 spiro atoms. The van der Waals surface area contributed by atoms with Crippen molar-refractivity contribution >= 4 is 27.8 Å². The molecule has 152 valence electrons. The number of benzene rings is 3. The quantitative estimate of drug-likeness (QED) is 0.272. The minimum Gasteiger partial charge on any atom is -0.423 e. The van der Waals surface area contributed by atoms with Crippen LogP contribution in [-0.4, -0.2) is 10.5 Å². The maximum absolute atomic E-state index is 12.7. The third-order valence-electron chi connectivity index (χ3n) is 6.46. The third-order valence-corrected chi connectivity index (χ3v) is 6.46. The van der Waals surface area contributed by atoms with Gasteiger partial charge in [0.05, 0.1) is 11.1 Å². The molecule has 0 saturated heterocycles. The minimum atomic E-state index is -0.302. The molecule has 0 bridgehead atoms. The number of hydrogen-bond donors (Lipinski definition) is 0. The monoisotopic (exact) mass is 397 g/mol. The van der Waals surface area contributed by atoms with E-state index in [-0.39, 0.29) is 5.97 Å². The molecule has 0 atom stereocenters. The molecule has 1 aliphatic carbocycles. The summed E-state index contributed by atoms with van der Waals surface area (Å²) in [6.07, 6.45) is 6.27.